The number of hydrogen-bond donors (Lipinski definition) is 1. The van der Waals surface area contributed by atoms with Gasteiger partial charge in [0.1, 0.15) is 17.1 Å². The van der Waals surface area contributed by atoms with Crippen LogP contribution in [0.2, 0.25) is 0 Å². The Bertz CT molecular complexity index is 523. The summed E-state index contributed by atoms with van der Waals surface area (Å²) in [5, 5.41) is 4.29. The highest BCUT2D eigenvalue weighted by atomic mass is 16.5. The Morgan fingerprint density at radius 3 is 2.82 bits per heavy atom. The lowest BCUT2D eigenvalue weighted by Gasteiger charge is -2.11. The van der Waals surface area contributed by atoms with Crippen molar-refractivity contribution < 1.29 is 4.74 Å². The molecule has 0 unspecified atom stereocenters. The second kappa shape index (κ2) is 5.04. The number of rotatable bonds is 4. The number of hydrogen-bond acceptors (Lipinski definition) is 3. The van der Waals surface area contributed by atoms with Gasteiger partial charge >= 0.3 is 0 Å². The molecule has 0 aliphatic heterocycles. The molecule has 0 radical (unpaired) electrons. The zero-order chi connectivity index (χ0) is 12.3. The molecular weight excluding hydrogens is 212 g/mol. The largest absolute Gasteiger partial charge is 0.494 e. The number of aryl methyl sites for hydroxylation is 1. The summed E-state index contributed by atoms with van der Waals surface area (Å²) in [5.74, 6) is 1.77. The molecule has 0 spiro atoms. The summed E-state index contributed by atoms with van der Waals surface area (Å²) >= 11 is 0. The van der Waals surface area contributed by atoms with Crippen molar-refractivity contribution in [2.75, 3.05) is 19.5 Å². The van der Waals surface area contributed by atoms with Gasteiger partial charge in [0.05, 0.1) is 7.11 Å². The van der Waals surface area contributed by atoms with E-state index in [1.165, 1.54) is 5.56 Å². The van der Waals surface area contributed by atoms with E-state index < -0.39 is 0 Å². The molecule has 3 nitrogen and oxygen atoms in total. The van der Waals surface area contributed by atoms with Crippen molar-refractivity contribution >= 4 is 16.7 Å². The lowest BCUT2D eigenvalue weighted by atomic mass is 10.1. The number of fused-ring (bicyclic) bond motifs is 1. The molecule has 0 atom stereocenters. The second-order valence-electron chi connectivity index (χ2n) is 4.03. The number of methoxy groups -OCH3 is 1. The Morgan fingerprint density at radius 2 is 2.18 bits per heavy atom. The topological polar surface area (TPSA) is 34.1 Å². The molecule has 1 heterocycles. The lowest BCUT2D eigenvalue weighted by molar-refractivity contribution is 0.419. The molecule has 0 aliphatic rings. The molecule has 2 rings (SSSR count). The Morgan fingerprint density at radius 1 is 1.35 bits per heavy atom. The summed E-state index contributed by atoms with van der Waals surface area (Å²) in [5.41, 5.74) is 2.18. The Hall–Kier alpha value is -1.77. The van der Waals surface area contributed by atoms with Crippen LogP contribution in [0.1, 0.15) is 18.9 Å². The van der Waals surface area contributed by atoms with Crippen molar-refractivity contribution in [2.24, 2.45) is 0 Å². The molecule has 1 aromatic heterocycles. The average Bonchev–Trinajstić information content (AvgIpc) is 2.37. The van der Waals surface area contributed by atoms with Gasteiger partial charge in [0.25, 0.3) is 0 Å². The average molecular weight is 230 g/mol. The number of para-hydroxylation sites is 1. The monoisotopic (exact) mass is 230 g/mol. The number of ether oxygens (including phenoxy) is 1. The molecule has 0 saturated heterocycles. The van der Waals surface area contributed by atoms with Gasteiger partial charge in [0.2, 0.25) is 0 Å². The van der Waals surface area contributed by atoms with E-state index in [0.717, 1.165) is 35.3 Å². The number of nitrogens with one attached hydrogen (secondary N) is 1. The molecule has 0 bridgehead atoms. The standard InChI is InChI=1S/C14H18N2O/c1-4-6-11-9-10-7-5-8-12(17-3)13(10)16-14(11)15-2/h5,7-9H,4,6H2,1-3H3,(H,15,16). The minimum atomic E-state index is 0.821. The van der Waals surface area contributed by atoms with Crippen molar-refractivity contribution in [3.63, 3.8) is 0 Å². The van der Waals surface area contributed by atoms with Crippen LogP contribution in [0.3, 0.4) is 0 Å². The highest BCUT2D eigenvalue weighted by Gasteiger charge is 2.08. The van der Waals surface area contributed by atoms with Crippen LogP contribution in [-0.4, -0.2) is 19.1 Å². The predicted molar refractivity (Wildman–Crippen MR) is 71.8 cm³/mol. The van der Waals surface area contributed by atoms with E-state index in [2.05, 4.69) is 29.4 Å². The summed E-state index contributed by atoms with van der Waals surface area (Å²) in [6.07, 6.45) is 2.15. The van der Waals surface area contributed by atoms with E-state index in [0.29, 0.717) is 0 Å². The van der Waals surface area contributed by atoms with Crippen LogP contribution in [0.15, 0.2) is 24.3 Å². The molecular formula is C14H18N2O. The van der Waals surface area contributed by atoms with Crippen LogP contribution >= 0.6 is 0 Å². The fourth-order valence-corrected chi connectivity index (χ4v) is 2.06. The van der Waals surface area contributed by atoms with Gasteiger partial charge < -0.3 is 10.1 Å². The third-order valence-electron chi connectivity index (χ3n) is 2.86. The predicted octanol–water partition coefficient (Wildman–Crippen LogP) is 3.24. The molecule has 3 heteroatoms. The maximum atomic E-state index is 5.34. The maximum absolute atomic E-state index is 5.34. The number of anilines is 1. The molecule has 0 amide bonds. The smallest absolute Gasteiger partial charge is 0.145 e. The van der Waals surface area contributed by atoms with Crippen LogP contribution in [0, 0.1) is 0 Å². The highest BCUT2D eigenvalue weighted by Crippen LogP contribution is 2.27. The van der Waals surface area contributed by atoms with Crippen molar-refractivity contribution in [1.29, 1.82) is 0 Å². The minimum absolute atomic E-state index is 0.821. The number of benzene rings is 1. The van der Waals surface area contributed by atoms with E-state index in [4.69, 9.17) is 4.74 Å². The van der Waals surface area contributed by atoms with Crippen molar-refractivity contribution in [1.82, 2.24) is 4.98 Å². The highest BCUT2D eigenvalue weighted by molar-refractivity contribution is 5.87. The zero-order valence-corrected chi connectivity index (χ0v) is 10.6. The number of aromatic nitrogens is 1. The summed E-state index contributed by atoms with van der Waals surface area (Å²) < 4.78 is 5.34. The first kappa shape index (κ1) is 11.7. The van der Waals surface area contributed by atoms with Crippen LogP contribution in [0.5, 0.6) is 5.75 Å². The van der Waals surface area contributed by atoms with Crippen molar-refractivity contribution in [3.05, 3.63) is 29.8 Å². The summed E-state index contributed by atoms with van der Waals surface area (Å²) in [6, 6.07) is 8.20. The van der Waals surface area contributed by atoms with E-state index in [1.54, 1.807) is 7.11 Å². The van der Waals surface area contributed by atoms with Gasteiger partial charge in [-0.3, -0.25) is 0 Å². The fraction of sp³-hybridized carbons (Fsp3) is 0.357. The minimum Gasteiger partial charge on any atom is -0.494 e. The van der Waals surface area contributed by atoms with Gasteiger partial charge in [-0.05, 0) is 24.1 Å². The van der Waals surface area contributed by atoms with Crippen LogP contribution in [0.4, 0.5) is 5.82 Å². The van der Waals surface area contributed by atoms with E-state index >= 15 is 0 Å². The number of nitrogens with zero attached hydrogens (tertiary/aromatic N) is 1. The fourth-order valence-electron chi connectivity index (χ4n) is 2.06. The van der Waals surface area contributed by atoms with Gasteiger partial charge in [-0.25, -0.2) is 4.98 Å². The summed E-state index contributed by atoms with van der Waals surface area (Å²) in [4.78, 5) is 4.65. The first-order valence-electron chi connectivity index (χ1n) is 5.94. The first-order valence-corrected chi connectivity index (χ1v) is 5.94. The summed E-state index contributed by atoms with van der Waals surface area (Å²) in [6.45, 7) is 2.18. The van der Waals surface area contributed by atoms with Crippen LogP contribution < -0.4 is 10.1 Å². The third-order valence-corrected chi connectivity index (χ3v) is 2.86. The maximum Gasteiger partial charge on any atom is 0.145 e. The van der Waals surface area contributed by atoms with Gasteiger partial charge in [-0.2, -0.15) is 0 Å². The molecule has 0 saturated carbocycles. The normalized spacial score (nSPS) is 10.5. The Balaban J connectivity index is 2.64. The quantitative estimate of drug-likeness (QED) is 0.875. The van der Waals surface area contributed by atoms with Gasteiger partial charge in [-0.1, -0.05) is 25.5 Å². The molecule has 1 N–H and O–H groups in total. The van der Waals surface area contributed by atoms with Crippen LogP contribution in [0.25, 0.3) is 10.9 Å². The van der Waals surface area contributed by atoms with Gasteiger partial charge in [-0.15, -0.1) is 0 Å². The van der Waals surface area contributed by atoms with Gasteiger partial charge in [0.15, 0.2) is 0 Å². The van der Waals surface area contributed by atoms with Crippen LogP contribution in [-0.2, 0) is 6.42 Å². The molecule has 0 fully saturated rings. The van der Waals surface area contributed by atoms with E-state index in [1.807, 2.05) is 19.2 Å². The summed E-state index contributed by atoms with van der Waals surface area (Å²) in [7, 11) is 3.58. The van der Waals surface area contributed by atoms with Crippen molar-refractivity contribution in [2.45, 2.75) is 19.8 Å². The molecule has 1 aromatic carbocycles. The third kappa shape index (κ3) is 2.18. The molecule has 2 aromatic rings. The SMILES string of the molecule is CCCc1cc2cccc(OC)c2nc1NC. The van der Waals surface area contributed by atoms with E-state index in [-0.39, 0.29) is 0 Å². The molecule has 90 valence electrons. The van der Waals surface area contributed by atoms with E-state index in [9.17, 15) is 0 Å². The Kier molecular flexibility index (Phi) is 3.47. The van der Waals surface area contributed by atoms with Crippen molar-refractivity contribution in [3.8, 4) is 5.75 Å². The first-order chi connectivity index (χ1) is 8.30. The molecule has 17 heavy (non-hydrogen) atoms. The molecule has 0 aliphatic carbocycles. The Labute approximate surface area is 102 Å². The van der Waals surface area contributed by atoms with Gasteiger partial charge in [0, 0.05) is 12.4 Å². The lowest BCUT2D eigenvalue weighted by Crippen LogP contribution is -2.00. The zero-order valence-electron chi connectivity index (χ0n) is 10.6. The number of pyridine rings is 1. The second-order valence-corrected chi connectivity index (χ2v) is 4.03.